The Morgan fingerprint density at radius 2 is 1.82 bits per heavy atom. The lowest BCUT2D eigenvalue weighted by molar-refractivity contribution is -0.123. The van der Waals surface area contributed by atoms with Gasteiger partial charge in [0.1, 0.15) is 5.69 Å². The summed E-state index contributed by atoms with van der Waals surface area (Å²) in [6.45, 7) is 3.30. The van der Waals surface area contributed by atoms with E-state index in [2.05, 4.69) is 31.5 Å². The average molecular weight is 444 g/mol. The molecule has 0 aliphatic carbocycles. The van der Waals surface area contributed by atoms with Crippen LogP contribution in [0.15, 0.2) is 46.9 Å². The van der Waals surface area contributed by atoms with E-state index in [0.717, 1.165) is 22.0 Å². The van der Waals surface area contributed by atoms with Gasteiger partial charge in [-0.1, -0.05) is 24.3 Å². The number of esters is 1. The minimum absolute atomic E-state index is 0.202. The number of aromatic amines is 1. The molecule has 0 radical (unpaired) electrons. The Morgan fingerprint density at radius 3 is 2.54 bits per heavy atom. The number of nitrogens with one attached hydrogen (secondary N) is 3. The van der Waals surface area contributed by atoms with Crippen molar-refractivity contribution in [1.82, 2.24) is 10.3 Å². The largest absolute Gasteiger partial charge is 0.451 e. The van der Waals surface area contributed by atoms with Crippen LogP contribution in [0.2, 0.25) is 0 Å². The van der Waals surface area contributed by atoms with Crippen LogP contribution in [0, 0.1) is 13.8 Å². The number of aromatic nitrogens is 1. The van der Waals surface area contributed by atoms with Gasteiger partial charge in [-0.3, -0.25) is 10.1 Å². The van der Waals surface area contributed by atoms with Gasteiger partial charge in [0.25, 0.3) is 5.91 Å². The standard InChI is InChI=1S/C20H18BrN3O4/c1-11-7-8-13(9-12(11)2)22-20(27)24-16(25)10-28-19(26)18-17(21)14-5-3-4-6-15(14)23-18/h3-9,23H,10H2,1-2H3,(H2,22,24,25,27). The Balaban J connectivity index is 1.54. The van der Waals surface area contributed by atoms with E-state index in [0.29, 0.717) is 10.2 Å². The van der Waals surface area contributed by atoms with Crippen molar-refractivity contribution in [3.05, 3.63) is 63.8 Å². The fourth-order valence-electron chi connectivity index (χ4n) is 2.60. The van der Waals surface area contributed by atoms with Gasteiger partial charge in [0.2, 0.25) is 0 Å². The van der Waals surface area contributed by atoms with Crippen LogP contribution in [-0.4, -0.2) is 29.5 Å². The highest BCUT2D eigenvalue weighted by Crippen LogP contribution is 2.28. The van der Waals surface area contributed by atoms with Crippen molar-refractivity contribution < 1.29 is 19.1 Å². The second-order valence-electron chi connectivity index (χ2n) is 6.24. The molecule has 0 aliphatic rings. The van der Waals surface area contributed by atoms with E-state index in [-0.39, 0.29) is 5.69 Å². The van der Waals surface area contributed by atoms with Crippen molar-refractivity contribution in [2.45, 2.75) is 13.8 Å². The van der Waals surface area contributed by atoms with Crippen LogP contribution in [0.3, 0.4) is 0 Å². The predicted molar refractivity (Wildman–Crippen MR) is 109 cm³/mol. The van der Waals surface area contributed by atoms with Crippen molar-refractivity contribution in [1.29, 1.82) is 0 Å². The minimum Gasteiger partial charge on any atom is -0.451 e. The summed E-state index contributed by atoms with van der Waals surface area (Å²) in [5.74, 6) is -1.44. The maximum Gasteiger partial charge on any atom is 0.356 e. The number of rotatable bonds is 4. The monoisotopic (exact) mass is 443 g/mol. The fraction of sp³-hybridized carbons (Fsp3) is 0.150. The van der Waals surface area contributed by atoms with Crippen LogP contribution in [0.5, 0.6) is 0 Å². The summed E-state index contributed by atoms with van der Waals surface area (Å²) >= 11 is 3.35. The molecule has 0 spiro atoms. The van der Waals surface area contributed by atoms with Gasteiger partial charge in [0.15, 0.2) is 6.61 Å². The maximum atomic E-state index is 12.2. The number of H-pyrrole nitrogens is 1. The first-order chi connectivity index (χ1) is 13.3. The van der Waals surface area contributed by atoms with E-state index >= 15 is 0 Å². The number of benzene rings is 2. The van der Waals surface area contributed by atoms with Crippen LogP contribution < -0.4 is 10.6 Å². The average Bonchev–Trinajstić information content (AvgIpc) is 3.00. The summed E-state index contributed by atoms with van der Waals surface area (Å²) in [7, 11) is 0. The van der Waals surface area contributed by atoms with Gasteiger partial charge >= 0.3 is 12.0 Å². The van der Waals surface area contributed by atoms with Gasteiger partial charge in [-0.2, -0.15) is 0 Å². The lowest BCUT2D eigenvalue weighted by Crippen LogP contribution is -2.37. The normalized spacial score (nSPS) is 10.5. The third-order valence-corrected chi connectivity index (χ3v) is 5.02. The maximum absolute atomic E-state index is 12.2. The Kier molecular flexibility index (Phi) is 5.79. The number of ether oxygens (including phenoxy) is 1. The highest BCUT2D eigenvalue weighted by atomic mass is 79.9. The van der Waals surface area contributed by atoms with Gasteiger partial charge in [-0.25, -0.2) is 9.59 Å². The van der Waals surface area contributed by atoms with Crippen LogP contribution >= 0.6 is 15.9 Å². The van der Waals surface area contributed by atoms with Gasteiger partial charge in [0, 0.05) is 16.6 Å². The molecule has 0 saturated heterocycles. The smallest absolute Gasteiger partial charge is 0.356 e. The second kappa shape index (κ2) is 8.26. The van der Waals surface area contributed by atoms with Crippen LogP contribution in [-0.2, 0) is 9.53 Å². The number of amides is 3. The van der Waals surface area contributed by atoms with E-state index in [9.17, 15) is 14.4 Å². The molecule has 2 aromatic carbocycles. The minimum atomic E-state index is -0.734. The van der Waals surface area contributed by atoms with Gasteiger partial charge in [-0.15, -0.1) is 0 Å². The molecule has 0 aliphatic heterocycles. The number of para-hydroxylation sites is 1. The number of fused-ring (bicyclic) bond motifs is 1. The first-order valence-electron chi connectivity index (χ1n) is 8.46. The molecule has 0 bridgehead atoms. The molecule has 1 heterocycles. The van der Waals surface area contributed by atoms with E-state index in [1.54, 1.807) is 12.1 Å². The number of imide groups is 1. The topological polar surface area (TPSA) is 100 Å². The molecule has 8 heteroatoms. The van der Waals surface area contributed by atoms with Crippen LogP contribution in [0.4, 0.5) is 10.5 Å². The molecule has 0 atom stereocenters. The zero-order valence-electron chi connectivity index (χ0n) is 15.3. The van der Waals surface area contributed by atoms with E-state index < -0.39 is 24.5 Å². The van der Waals surface area contributed by atoms with Crippen LogP contribution in [0.25, 0.3) is 10.9 Å². The van der Waals surface area contributed by atoms with Gasteiger partial charge < -0.3 is 15.0 Å². The molecular weight excluding hydrogens is 426 g/mol. The molecule has 7 nitrogen and oxygen atoms in total. The zero-order valence-corrected chi connectivity index (χ0v) is 16.8. The summed E-state index contributed by atoms with van der Waals surface area (Å²) < 4.78 is 5.55. The third-order valence-electron chi connectivity index (χ3n) is 4.20. The fourth-order valence-corrected chi connectivity index (χ4v) is 3.20. The molecule has 28 heavy (non-hydrogen) atoms. The van der Waals surface area contributed by atoms with Crippen molar-refractivity contribution in [3.63, 3.8) is 0 Å². The molecule has 3 N–H and O–H groups in total. The van der Waals surface area contributed by atoms with Gasteiger partial charge in [-0.05, 0) is 59.1 Å². The lowest BCUT2D eigenvalue weighted by Gasteiger charge is -2.09. The Morgan fingerprint density at radius 1 is 1.07 bits per heavy atom. The van der Waals surface area contributed by atoms with Crippen LogP contribution in [0.1, 0.15) is 21.6 Å². The molecule has 3 aromatic rings. The quantitative estimate of drug-likeness (QED) is 0.529. The highest BCUT2D eigenvalue weighted by Gasteiger charge is 2.19. The molecule has 0 unspecified atom stereocenters. The second-order valence-corrected chi connectivity index (χ2v) is 7.03. The molecule has 0 fully saturated rings. The zero-order chi connectivity index (χ0) is 20.3. The number of aryl methyl sites for hydroxylation is 2. The molecule has 0 saturated carbocycles. The summed E-state index contributed by atoms with van der Waals surface area (Å²) in [5, 5.41) is 5.51. The predicted octanol–water partition coefficient (Wildman–Crippen LogP) is 4.05. The first-order valence-corrected chi connectivity index (χ1v) is 9.26. The number of carbonyl (C=O) groups is 3. The number of anilines is 1. The molecule has 3 rings (SSSR count). The Bertz CT molecular complexity index is 1070. The number of carbonyl (C=O) groups excluding carboxylic acids is 3. The summed E-state index contributed by atoms with van der Waals surface area (Å²) in [5.41, 5.74) is 3.64. The number of urea groups is 1. The van der Waals surface area contributed by atoms with Crippen molar-refractivity contribution in [2.24, 2.45) is 0 Å². The summed E-state index contributed by atoms with van der Waals surface area (Å²) in [6.07, 6.45) is 0. The Labute approximate surface area is 169 Å². The van der Waals surface area contributed by atoms with Gasteiger partial charge in [0.05, 0.1) is 4.47 Å². The van der Waals surface area contributed by atoms with E-state index in [1.807, 2.05) is 44.2 Å². The number of halogens is 1. The molecule has 3 amide bonds. The summed E-state index contributed by atoms with van der Waals surface area (Å²) in [6, 6.07) is 12.0. The summed E-state index contributed by atoms with van der Waals surface area (Å²) in [4.78, 5) is 39.0. The van der Waals surface area contributed by atoms with E-state index in [4.69, 9.17) is 4.74 Å². The third kappa shape index (κ3) is 4.40. The number of hydrogen-bond donors (Lipinski definition) is 3. The van der Waals surface area contributed by atoms with Crippen molar-refractivity contribution >= 4 is 50.4 Å². The molecule has 1 aromatic heterocycles. The Hall–Kier alpha value is -3.13. The van der Waals surface area contributed by atoms with Crippen molar-refractivity contribution in [3.8, 4) is 0 Å². The van der Waals surface area contributed by atoms with E-state index in [1.165, 1.54) is 0 Å². The molecule has 144 valence electrons. The van der Waals surface area contributed by atoms with Crippen molar-refractivity contribution in [2.75, 3.05) is 11.9 Å². The SMILES string of the molecule is Cc1ccc(NC(=O)NC(=O)COC(=O)c2[nH]c3ccccc3c2Br)cc1C. The lowest BCUT2D eigenvalue weighted by atomic mass is 10.1. The highest BCUT2D eigenvalue weighted by molar-refractivity contribution is 9.10. The first kappa shape index (κ1) is 19.6. The number of hydrogen-bond acceptors (Lipinski definition) is 4. The molecular formula is C20H18BrN3O4.